The number of hydrogen-bond acceptors (Lipinski definition) is 4. The third-order valence-electron chi connectivity index (χ3n) is 4.95. The number of unbranched alkanes of at least 4 members (excludes halogenated alkanes) is 1. The number of ether oxygens (including phenoxy) is 1. The molecule has 3 aromatic rings. The zero-order valence-corrected chi connectivity index (χ0v) is 21.2. The van der Waals surface area contributed by atoms with Gasteiger partial charge in [-0.3, -0.25) is 4.79 Å². The van der Waals surface area contributed by atoms with Crippen molar-refractivity contribution in [1.82, 2.24) is 0 Å². The van der Waals surface area contributed by atoms with Crippen molar-refractivity contribution in [1.29, 1.82) is 0 Å². The summed E-state index contributed by atoms with van der Waals surface area (Å²) in [6.45, 7) is 4.86. The van der Waals surface area contributed by atoms with Crippen molar-refractivity contribution in [2.45, 2.75) is 43.3 Å². The SMILES string of the molecule is CCCCOc1ccc(NC(=O)C(CC)Sc2cccc(NC(=S)Nc3ccccc3)c2)cc1. The second-order valence-electron chi connectivity index (χ2n) is 7.70. The molecule has 3 rings (SSSR count). The van der Waals surface area contributed by atoms with Gasteiger partial charge in [-0.25, -0.2) is 0 Å². The number of amides is 1. The summed E-state index contributed by atoms with van der Waals surface area (Å²) in [6.07, 6.45) is 2.83. The second-order valence-corrected chi connectivity index (χ2v) is 9.39. The van der Waals surface area contributed by atoms with E-state index < -0.39 is 0 Å². The molecule has 5 nitrogen and oxygen atoms in total. The van der Waals surface area contributed by atoms with Gasteiger partial charge in [0, 0.05) is 22.0 Å². The lowest BCUT2D eigenvalue weighted by Gasteiger charge is -2.16. The Morgan fingerprint density at radius 2 is 1.56 bits per heavy atom. The van der Waals surface area contributed by atoms with E-state index in [2.05, 4.69) is 22.9 Å². The van der Waals surface area contributed by atoms with Crippen molar-refractivity contribution in [3.05, 3.63) is 78.9 Å². The number of para-hydroxylation sites is 1. The Bertz CT molecular complexity index is 1060. The molecule has 7 heteroatoms. The quantitative estimate of drug-likeness (QED) is 0.149. The lowest BCUT2D eigenvalue weighted by atomic mass is 10.2. The first-order chi connectivity index (χ1) is 16.6. The maximum Gasteiger partial charge on any atom is 0.237 e. The first kappa shape index (κ1) is 25.6. The van der Waals surface area contributed by atoms with Crippen LogP contribution in [0.4, 0.5) is 17.1 Å². The molecule has 1 atom stereocenters. The average molecular weight is 494 g/mol. The molecule has 3 N–H and O–H groups in total. The minimum absolute atomic E-state index is 0.0215. The van der Waals surface area contributed by atoms with Gasteiger partial charge < -0.3 is 20.7 Å². The van der Waals surface area contributed by atoms with E-state index in [1.807, 2.05) is 85.8 Å². The molecule has 0 aliphatic carbocycles. The van der Waals surface area contributed by atoms with Crippen LogP contribution >= 0.6 is 24.0 Å². The molecule has 0 aromatic heterocycles. The predicted octanol–water partition coefficient (Wildman–Crippen LogP) is 7.18. The highest BCUT2D eigenvalue weighted by atomic mass is 32.2. The minimum atomic E-state index is -0.217. The fraction of sp³-hybridized carbons (Fsp3) is 0.259. The first-order valence-corrected chi connectivity index (χ1v) is 12.8. The van der Waals surface area contributed by atoms with Gasteiger partial charge in [0.05, 0.1) is 11.9 Å². The number of thiocarbonyl (C=S) groups is 1. The van der Waals surface area contributed by atoms with Crippen LogP contribution in [-0.2, 0) is 4.79 Å². The number of nitrogens with one attached hydrogen (secondary N) is 3. The first-order valence-electron chi connectivity index (χ1n) is 11.5. The Kier molecular flexibility index (Phi) is 10.3. The maximum atomic E-state index is 12.9. The molecule has 1 amide bonds. The van der Waals surface area contributed by atoms with Crippen LogP contribution in [0.1, 0.15) is 33.1 Å². The molecule has 178 valence electrons. The Labute approximate surface area is 211 Å². The number of carbonyl (C=O) groups is 1. The summed E-state index contributed by atoms with van der Waals surface area (Å²) in [5.41, 5.74) is 2.56. The summed E-state index contributed by atoms with van der Waals surface area (Å²) in [6, 6.07) is 25.2. The highest BCUT2D eigenvalue weighted by molar-refractivity contribution is 8.00. The highest BCUT2D eigenvalue weighted by Gasteiger charge is 2.18. The van der Waals surface area contributed by atoms with Crippen molar-refractivity contribution in [3.8, 4) is 5.75 Å². The van der Waals surface area contributed by atoms with E-state index >= 15 is 0 Å². The van der Waals surface area contributed by atoms with Crippen molar-refractivity contribution in [2.75, 3.05) is 22.6 Å². The number of hydrogen-bond donors (Lipinski definition) is 3. The monoisotopic (exact) mass is 493 g/mol. The van der Waals surface area contributed by atoms with E-state index in [1.54, 1.807) is 0 Å². The molecule has 0 aliphatic heterocycles. The molecular formula is C27H31N3O2S2. The molecule has 34 heavy (non-hydrogen) atoms. The molecule has 0 heterocycles. The Morgan fingerprint density at radius 1 is 0.882 bits per heavy atom. The third kappa shape index (κ3) is 8.39. The molecular weight excluding hydrogens is 462 g/mol. The molecule has 0 spiro atoms. The highest BCUT2D eigenvalue weighted by Crippen LogP contribution is 2.29. The number of benzene rings is 3. The topological polar surface area (TPSA) is 62.4 Å². The largest absolute Gasteiger partial charge is 0.494 e. The summed E-state index contributed by atoms with van der Waals surface area (Å²) in [5.74, 6) is 0.795. The predicted molar refractivity (Wildman–Crippen MR) is 148 cm³/mol. The fourth-order valence-corrected chi connectivity index (χ4v) is 4.39. The van der Waals surface area contributed by atoms with Crippen LogP contribution in [0.15, 0.2) is 83.8 Å². The molecule has 0 saturated carbocycles. The zero-order chi connectivity index (χ0) is 24.2. The zero-order valence-electron chi connectivity index (χ0n) is 19.5. The second kappa shape index (κ2) is 13.6. The summed E-state index contributed by atoms with van der Waals surface area (Å²) < 4.78 is 5.69. The van der Waals surface area contributed by atoms with Crippen LogP contribution in [0.25, 0.3) is 0 Å². The Balaban J connectivity index is 1.55. The van der Waals surface area contributed by atoms with Gasteiger partial charge in [-0.05, 0) is 79.7 Å². The van der Waals surface area contributed by atoms with Gasteiger partial charge >= 0.3 is 0 Å². The molecule has 1 unspecified atom stereocenters. The van der Waals surface area contributed by atoms with Gasteiger partial charge in [0.1, 0.15) is 5.75 Å². The Morgan fingerprint density at radius 3 is 2.26 bits per heavy atom. The number of carbonyl (C=O) groups excluding carboxylic acids is 1. The maximum absolute atomic E-state index is 12.9. The van der Waals surface area contributed by atoms with Crippen LogP contribution in [0, 0.1) is 0 Å². The lowest BCUT2D eigenvalue weighted by Crippen LogP contribution is -2.24. The van der Waals surface area contributed by atoms with Gasteiger partial charge in [-0.2, -0.15) is 0 Å². The van der Waals surface area contributed by atoms with Gasteiger partial charge in [0.25, 0.3) is 0 Å². The molecule has 3 aromatic carbocycles. The van der Waals surface area contributed by atoms with Gasteiger partial charge in [-0.15, -0.1) is 11.8 Å². The van der Waals surface area contributed by atoms with E-state index in [0.29, 0.717) is 18.1 Å². The Hall–Kier alpha value is -3.03. The summed E-state index contributed by atoms with van der Waals surface area (Å²) in [5, 5.41) is 9.69. The van der Waals surface area contributed by atoms with Gasteiger partial charge in [0.15, 0.2) is 5.11 Å². The lowest BCUT2D eigenvalue weighted by molar-refractivity contribution is -0.115. The number of rotatable bonds is 11. The van der Waals surface area contributed by atoms with Crippen LogP contribution < -0.4 is 20.7 Å². The number of thioether (sulfide) groups is 1. The standard InChI is InChI=1S/C27H31N3O2S2/c1-3-5-18-32-23-16-14-21(15-17-23)28-26(31)25(4-2)34-24-13-9-12-22(19-24)30-27(33)29-20-10-7-6-8-11-20/h6-17,19,25H,3-5,18H2,1-2H3,(H,28,31)(H2,29,30,33). The smallest absolute Gasteiger partial charge is 0.237 e. The molecule has 0 aliphatic rings. The van der Waals surface area contributed by atoms with Crippen LogP contribution in [0.5, 0.6) is 5.75 Å². The average Bonchev–Trinajstić information content (AvgIpc) is 2.84. The summed E-state index contributed by atoms with van der Waals surface area (Å²) in [4.78, 5) is 13.9. The van der Waals surface area contributed by atoms with Crippen molar-refractivity contribution < 1.29 is 9.53 Å². The summed E-state index contributed by atoms with van der Waals surface area (Å²) >= 11 is 6.96. The molecule has 0 bridgehead atoms. The summed E-state index contributed by atoms with van der Waals surface area (Å²) in [7, 11) is 0. The number of anilines is 3. The third-order valence-corrected chi connectivity index (χ3v) is 6.52. The van der Waals surface area contributed by atoms with Crippen molar-refractivity contribution in [2.24, 2.45) is 0 Å². The van der Waals surface area contributed by atoms with Crippen molar-refractivity contribution >= 4 is 52.1 Å². The molecule has 0 radical (unpaired) electrons. The fourth-order valence-electron chi connectivity index (χ4n) is 3.14. The van der Waals surface area contributed by atoms with E-state index in [0.717, 1.165) is 40.5 Å². The minimum Gasteiger partial charge on any atom is -0.494 e. The van der Waals surface area contributed by atoms with E-state index in [9.17, 15) is 4.79 Å². The molecule has 0 fully saturated rings. The van der Waals surface area contributed by atoms with Gasteiger partial charge in [-0.1, -0.05) is 44.5 Å². The molecule has 0 saturated heterocycles. The van der Waals surface area contributed by atoms with Crippen molar-refractivity contribution in [3.63, 3.8) is 0 Å². The van der Waals surface area contributed by atoms with E-state index in [-0.39, 0.29) is 11.2 Å². The van der Waals surface area contributed by atoms with E-state index in [1.165, 1.54) is 11.8 Å². The van der Waals surface area contributed by atoms with Gasteiger partial charge in [0.2, 0.25) is 5.91 Å². The van der Waals surface area contributed by atoms with Crippen LogP contribution in [0.2, 0.25) is 0 Å². The van der Waals surface area contributed by atoms with Crippen LogP contribution in [-0.4, -0.2) is 22.9 Å². The normalized spacial score (nSPS) is 11.4. The van der Waals surface area contributed by atoms with E-state index in [4.69, 9.17) is 17.0 Å². The van der Waals surface area contributed by atoms with Crippen LogP contribution in [0.3, 0.4) is 0 Å².